The van der Waals surface area contributed by atoms with Gasteiger partial charge in [0.2, 0.25) is 17.7 Å². The molecule has 2 saturated heterocycles. The van der Waals surface area contributed by atoms with Gasteiger partial charge in [-0.3, -0.25) is 14.4 Å². The average molecular weight is 584 g/mol. The van der Waals surface area contributed by atoms with Gasteiger partial charge in [-0.1, -0.05) is 66.7 Å². The van der Waals surface area contributed by atoms with Gasteiger partial charge in [0.1, 0.15) is 17.4 Å². The van der Waals surface area contributed by atoms with Gasteiger partial charge in [0, 0.05) is 18.3 Å². The molecule has 3 fully saturated rings. The van der Waals surface area contributed by atoms with Crippen molar-refractivity contribution in [2.24, 2.45) is 11.8 Å². The topological polar surface area (TPSA) is 97.0 Å². The molecule has 0 unspecified atom stereocenters. The highest BCUT2D eigenvalue weighted by atomic mass is 35.5. The molecule has 0 radical (unpaired) electrons. The number of fused-ring (bicyclic) bond motifs is 1. The second kappa shape index (κ2) is 10.7. The van der Waals surface area contributed by atoms with Gasteiger partial charge >= 0.3 is 0 Å². The van der Waals surface area contributed by atoms with Crippen molar-refractivity contribution in [1.82, 2.24) is 10.2 Å². The Balaban J connectivity index is 1.31. The molecule has 40 heavy (non-hydrogen) atoms. The fraction of sp³-hybridized carbons (Fsp3) is 0.433. The van der Waals surface area contributed by atoms with E-state index in [-0.39, 0.29) is 30.3 Å². The number of rotatable bonds is 7. The monoisotopic (exact) mass is 583 g/mol. The molecule has 1 aliphatic carbocycles. The minimum atomic E-state index is -1.23. The average Bonchev–Trinajstić information content (AvgIpc) is 3.59. The minimum Gasteiger partial charge on any atom is -0.497 e. The zero-order valence-electron chi connectivity index (χ0n) is 22.1. The van der Waals surface area contributed by atoms with Crippen LogP contribution in [0, 0.1) is 11.8 Å². The van der Waals surface area contributed by atoms with E-state index >= 15 is 0 Å². The Kier molecular flexibility index (Phi) is 7.27. The van der Waals surface area contributed by atoms with Crippen LogP contribution in [0.15, 0.2) is 54.6 Å². The molecule has 0 aromatic heterocycles. The van der Waals surface area contributed by atoms with Crippen molar-refractivity contribution in [3.05, 3.63) is 70.2 Å². The highest BCUT2D eigenvalue weighted by Crippen LogP contribution is 2.55. The first-order valence-corrected chi connectivity index (χ1v) is 14.4. The van der Waals surface area contributed by atoms with Crippen molar-refractivity contribution in [1.29, 1.82) is 0 Å². The summed E-state index contributed by atoms with van der Waals surface area (Å²) in [6.07, 6.45) is 8.12. The summed E-state index contributed by atoms with van der Waals surface area (Å²) in [6.45, 7) is 0.201. The molecule has 1 spiro atoms. The molecule has 2 aromatic carbocycles. The second-order valence-corrected chi connectivity index (χ2v) is 11.8. The van der Waals surface area contributed by atoms with Crippen molar-refractivity contribution >= 4 is 46.6 Å². The normalized spacial score (nSPS) is 29.0. The quantitative estimate of drug-likeness (QED) is 0.459. The van der Waals surface area contributed by atoms with E-state index in [0.29, 0.717) is 21.5 Å². The number of halogens is 2. The lowest BCUT2D eigenvalue weighted by Crippen LogP contribution is -2.56. The van der Waals surface area contributed by atoms with Crippen molar-refractivity contribution in [2.45, 2.75) is 62.4 Å². The van der Waals surface area contributed by atoms with E-state index in [1.54, 1.807) is 36.3 Å². The van der Waals surface area contributed by atoms with Gasteiger partial charge in [0.25, 0.3) is 0 Å². The van der Waals surface area contributed by atoms with Gasteiger partial charge in [-0.05, 0) is 48.7 Å². The number of likely N-dealkylation sites (tertiary alicyclic amines) is 1. The van der Waals surface area contributed by atoms with Crippen LogP contribution in [0.5, 0.6) is 5.75 Å². The number of nitrogens with one attached hydrogen (secondary N) is 2. The molecule has 3 heterocycles. The Morgan fingerprint density at radius 2 is 1.80 bits per heavy atom. The number of methoxy groups -OCH3 is 1. The Bertz CT molecular complexity index is 1360. The zero-order chi connectivity index (χ0) is 28.0. The standard InChI is InChI=1S/C30H31Cl2N3O5/c1-39-20-10-7-17(8-11-20)16-35-26(28(37)33-18-5-3-2-4-6-18)30-14-13-23(40-30)24(25(30)29(35)38)27(36)34-19-9-12-21(31)22(32)15-19/h7-15,18,23-26H,2-6,16H2,1H3,(H,33,37)(H,34,36)/t23-,24-,25-,26-,30+/m1/s1. The van der Waals surface area contributed by atoms with Gasteiger partial charge in [-0.2, -0.15) is 0 Å². The number of carbonyl (C=O) groups excluding carboxylic acids is 3. The van der Waals surface area contributed by atoms with Crippen LogP contribution in [0.1, 0.15) is 37.7 Å². The SMILES string of the molecule is COc1ccc(CN2C(=O)[C@H]3[C@H](C(=O)Nc4ccc(Cl)c(Cl)c4)[C@H]4C=C[C@@]3(O4)[C@H]2C(=O)NC2CCCCC2)cc1. The first-order valence-electron chi connectivity index (χ1n) is 13.7. The fourth-order valence-corrected chi connectivity index (χ4v) is 6.99. The molecule has 10 heteroatoms. The Morgan fingerprint density at radius 3 is 2.50 bits per heavy atom. The molecule has 1 saturated carbocycles. The maximum atomic E-state index is 14.2. The third-order valence-corrected chi connectivity index (χ3v) is 9.31. The maximum Gasteiger partial charge on any atom is 0.246 e. The highest BCUT2D eigenvalue weighted by molar-refractivity contribution is 6.42. The van der Waals surface area contributed by atoms with E-state index in [9.17, 15) is 14.4 Å². The van der Waals surface area contributed by atoms with Gasteiger partial charge in [-0.15, -0.1) is 0 Å². The molecule has 5 atom stereocenters. The predicted octanol–water partition coefficient (Wildman–Crippen LogP) is 4.74. The molecule has 3 amide bonds. The molecule has 210 valence electrons. The van der Waals surface area contributed by atoms with Crippen molar-refractivity contribution < 1.29 is 23.9 Å². The number of anilines is 1. The third kappa shape index (κ3) is 4.66. The lowest BCUT2D eigenvalue weighted by Gasteiger charge is -2.34. The van der Waals surface area contributed by atoms with Gasteiger partial charge in [0.15, 0.2) is 0 Å². The van der Waals surface area contributed by atoms with Crippen LogP contribution in [0.25, 0.3) is 0 Å². The van der Waals surface area contributed by atoms with Crippen LogP contribution in [0.2, 0.25) is 10.0 Å². The van der Waals surface area contributed by atoms with E-state index in [4.69, 9.17) is 32.7 Å². The van der Waals surface area contributed by atoms with Gasteiger partial charge in [0.05, 0.1) is 35.1 Å². The summed E-state index contributed by atoms with van der Waals surface area (Å²) in [5.74, 6) is -1.84. The molecule has 3 aliphatic heterocycles. The van der Waals surface area contributed by atoms with Crippen LogP contribution < -0.4 is 15.4 Å². The number of hydrogen-bond donors (Lipinski definition) is 2. The number of carbonyl (C=O) groups is 3. The summed E-state index contributed by atoms with van der Waals surface area (Å²) < 4.78 is 11.7. The number of amides is 3. The Hall–Kier alpha value is -3.07. The fourth-order valence-electron chi connectivity index (χ4n) is 6.69. The Labute approximate surface area is 243 Å². The minimum absolute atomic E-state index is 0.0611. The molecular weight excluding hydrogens is 553 g/mol. The summed E-state index contributed by atoms with van der Waals surface area (Å²) in [5, 5.41) is 6.76. The molecule has 8 nitrogen and oxygen atoms in total. The van der Waals surface area contributed by atoms with Crippen LogP contribution >= 0.6 is 23.2 Å². The number of benzene rings is 2. The van der Waals surface area contributed by atoms with Gasteiger partial charge < -0.3 is 25.0 Å². The van der Waals surface area contributed by atoms with Crippen molar-refractivity contribution in [3.8, 4) is 5.75 Å². The maximum absolute atomic E-state index is 14.2. The number of hydrogen-bond acceptors (Lipinski definition) is 5. The first kappa shape index (κ1) is 27.1. The third-order valence-electron chi connectivity index (χ3n) is 8.58. The van der Waals surface area contributed by atoms with E-state index in [1.165, 1.54) is 0 Å². The number of ether oxygens (including phenoxy) is 2. The van der Waals surface area contributed by atoms with Crippen LogP contribution in [-0.4, -0.2) is 53.5 Å². The molecule has 6 rings (SSSR count). The van der Waals surface area contributed by atoms with Crippen molar-refractivity contribution in [2.75, 3.05) is 12.4 Å². The van der Waals surface area contributed by atoms with Crippen LogP contribution in [-0.2, 0) is 25.7 Å². The smallest absolute Gasteiger partial charge is 0.246 e. The summed E-state index contributed by atoms with van der Waals surface area (Å²) in [7, 11) is 1.59. The molecule has 2 aromatic rings. The summed E-state index contributed by atoms with van der Waals surface area (Å²) >= 11 is 12.2. The lowest BCUT2D eigenvalue weighted by atomic mass is 9.74. The van der Waals surface area contributed by atoms with Crippen LogP contribution in [0.3, 0.4) is 0 Å². The lowest BCUT2D eigenvalue weighted by molar-refractivity contribution is -0.142. The van der Waals surface area contributed by atoms with Gasteiger partial charge in [-0.25, -0.2) is 0 Å². The summed E-state index contributed by atoms with van der Waals surface area (Å²) in [5.41, 5.74) is 0.0794. The van der Waals surface area contributed by atoms with E-state index in [1.807, 2.05) is 30.3 Å². The predicted molar refractivity (Wildman–Crippen MR) is 151 cm³/mol. The molecule has 4 aliphatic rings. The van der Waals surface area contributed by atoms with Crippen LogP contribution in [0.4, 0.5) is 5.69 Å². The first-order chi connectivity index (χ1) is 19.3. The largest absolute Gasteiger partial charge is 0.497 e. The molecule has 2 N–H and O–H groups in total. The summed E-state index contributed by atoms with van der Waals surface area (Å²) in [4.78, 5) is 43.3. The van der Waals surface area contributed by atoms with E-state index < -0.39 is 29.6 Å². The zero-order valence-corrected chi connectivity index (χ0v) is 23.6. The second-order valence-electron chi connectivity index (χ2n) is 11.0. The Morgan fingerprint density at radius 1 is 1.05 bits per heavy atom. The molecule has 2 bridgehead atoms. The van der Waals surface area contributed by atoms with Crippen molar-refractivity contribution in [3.63, 3.8) is 0 Å². The van der Waals surface area contributed by atoms with E-state index in [2.05, 4.69) is 10.6 Å². The number of nitrogens with zero attached hydrogens (tertiary/aromatic N) is 1. The highest BCUT2D eigenvalue weighted by Gasteiger charge is 2.72. The molecular formula is C30H31Cl2N3O5. The van der Waals surface area contributed by atoms with E-state index in [0.717, 1.165) is 37.7 Å². The summed E-state index contributed by atoms with van der Waals surface area (Å²) in [6, 6.07) is 11.4.